The van der Waals surface area contributed by atoms with E-state index in [0.29, 0.717) is 12.8 Å². The topological polar surface area (TPSA) is 89.8 Å². The molecule has 0 aromatic heterocycles. The van der Waals surface area contributed by atoms with Crippen molar-refractivity contribution >= 4 is 5.91 Å². The first-order valence-corrected chi connectivity index (χ1v) is 19.3. The van der Waals surface area contributed by atoms with Crippen LogP contribution in [0.25, 0.3) is 0 Å². The molecule has 0 aromatic carbocycles. The van der Waals surface area contributed by atoms with Gasteiger partial charge in [0.2, 0.25) is 5.91 Å². The first-order chi connectivity index (χ1) is 21.1. The van der Waals surface area contributed by atoms with Gasteiger partial charge in [-0.2, -0.15) is 0 Å². The van der Waals surface area contributed by atoms with Gasteiger partial charge in [0.1, 0.15) is 6.10 Å². The summed E-state index contributed by atoms with van der Waals surface area (Å²) in [6.07, 6.45) is 36.2. The van der Waals surface area contributed by atoms with E-state index in [0.717, 1.165) is 32.1 Å². The lowest BCUT2D eigenvalue weighted by Crippen LogP contribution is -2.50. The number of carbonyl (C=O) groups excluding carboxylic acids is 1. The zero-order chi connectivity index (χ0) is 31.6. The first-order valence-electron chi connectivity index (χ1n) is 19.3. The van der Waals surface area contributed by atoms with Gasteiger partial charge in [-0.25, -0.2) is 0 Å². The number of carbonyl (C=O) groups is 1. The van der Waals surface area contributed by atoms with E-state index in [-0.39, 0.29) is 12.5 Å². The molecule has 3 atom stereocenters. The molecule has 3 unspecified atom stereocenters. The summed E-state index contributed by atoms with van der Waals surface area (Å²) in [5.41, 5.74) is 0. The monoisotopic (exact) mass is 612 g/mol. The van der Waals surface area contributed by atoms with Gasteiger partial charge in [-0.1, -0.05) is 194 Å². The zero-order valence-corrected chi connectivity index (χ0v) is 29.1. The van der Waals surface area contributed by atoms with E-state index in [1.165, 1.54) is 154 Å². The molecular formula is C38H77NO4. The number of aliphatic hydroxyl groups excluding tert-OH is 3. The second-order valence-corrected chi connectivity index (χ2v) is 13.5. The van der Waals surface area contributed by atoms with Crippen molar-refractivity contribution in [3.63, 3.8) is 0 Å². The minimum absolute atomic E-state index is 0.142. The highest BCUT2D eigenvalue weighted by atomic mass is 16.3. The molecule has 4 N–H and O–H groups in total. The Hall–Kier alpha value is -0.650. The number of unbranched alkanes of at least 4 members (excludes halogenated alkanes) is 27. The fourth-order valence-corrected chi connectivity index (χ4v) is 6.16. The molecule has 0 heterocycles. The Morgan fingerprint density at radius 1 is 0.488 bits per heavy atom. The second-order valence-electron chi connectivity index (χ2n) is 13.5. The van der Waals surface area contributed by atoms with E-state index in [2.05, 4.69) is 19.2 Å². The first kappa shape index (κ1) is 42.3. The molecule has 0 aliphatic carbocycles. The van der Waals surface area contributed by atoms with Crippen molar-refractivity contribution in [2.75, 3.05) is 6.61 Å². The van der Waals surface area contributed by atoms with Crippen LogP contribution in [-0.2, 0) is 4.79 Å². The Morgan fingerprint density at radius 3 is 1.12 bits per heavy atom. The summed E-state index contributed by atoms with van der Waals surface area (Å²) < 4.78 is 0. The third-order valence-corrected chi connectivity index (χ3v) is 9.21. The van der Waals surface area contributed by atoms with Crippen LogP contribution in [0.1, 0.15) is 213 Å². The maximum absolute atomic E-state index is 12.4. The van der Waals surface area contributed by atoms with E-state index >= 15 is 0 Å². The van der Waals surface area contributed by atoms with Crippen LogP contribution in [0, 0.1) is 0 Å². The third kappa shape index (κ3) is 29.8. The van der Waals surface area contributed by atoms with E-state index in [4.69, 9.17) is 0 Å². The van der Waals surface area contributed by atoms with E-state index in [1.54, 1.807) is 0 Å². The van der Waals surface area contributed by atoms with Crippen molar-refractivity contribution < 1.29 is 20.1 Å². The summed E-state index contributed by atoms with van der Waals surface area (Å²) in [6, 6.07) is -0.800. The molecule has 0 aliphatic heterocycles. The van der Waals surface area contributed by atoms with Crippen molar-refractivity contribution in [2.45, 2.75) is 231 Å². The zero-order valence-electron chi connectivity index (χ0n) is 29.1. The Labute approximate surface area is 268 Å². The van der Waals surface area contributed by atoms with Gasteiger partial charge in [-0.3, -0.25) is 4.79 Å². The molecule has 1 amide bonds. The van der Waals surface area contributed by atoms with E-state index < -0.39 is 18.2 Å². The number of amides is 1. The summed E-state index contributed by atoms with van der Waals surface area (Å²) in [7, 11) is 0. The van der Waals surface area contributed by atoms with Crippen molar-refractivity contribution in [3.8, 4) is 0 Å². The predicted octanol–water partition coefficient (Wildman–Crippen LogP) is 10.3. The predicted molar refractivity (Wildman–Crippen MR) is 186 cm³/mol. The number of aliphatic hydroxyl groups is 3. The molecule has 0 aromatic rings. The van der Waals surface area contributed by atoms with Crippen LogP contribution >= 0.6 is 0 Å². The third-order valence-electron chi connectivity index (χ3n) is 9.21. The van der Waals surface area contributed by atoms with Crippen molar-refractivity contribution in [3.05, 3.63) is 0 Å². The lowest BCUT2D eigenvalue weighted by molar-refractivity contribution is -0.124. The molecule has 43 heavy (non-hydrogen) atoms. The van der Waals surface area contributed by atoms with Gasteiger partial charge in [0, 0.05) is 6.42 Å². The van der Waals surface area contributed by atoms with Crippen molar-refractivity contribution in [1.29, 1.82) is 0 Å². The molecule has 5 nitrogen and oxygen atoms in total. The van der Waals surface area contributed by atoms with E-state index in [1.807, 2.05) is 0 Å². The number of hydrogen-bond donors (Lipinski definition) is 4. The second kappa shape index (κ2) is 34.2. The summed E-state index contributed by atoms with van der Waals surface area (Å²) in [5.74, 6) is -0.142. The number of nitrogens with one attached hydrogen (secondary N) is 1. The molecule has 0 saturated carbocycles. The van der Waals surface area contributed by atoms with Gasteiger partial charge in [0.05, 0.1) is 18.8 Å². The van der Waals surface area contributed by atoms with Crippen LogP contribution in [0.5, 0.6) is 0 Å². The largest absolute Gasteiger partial charge is 0.394 e. The van der Waals surface area contributed by atoms with Crippen molar-refractivity contribution in [1.82, 2.24) is 5.32 Å². The van der Waals surface area contributed by atoms with Crippen LogP contribution < -0.4 is 5.32 Å². The Morgan fingerprint density at radius 2 is 0.791 bits per heavy atom. The number of rotatable bonds is 35. The molecule has 258 valence electrons. The lowest BCUT2D eigenvalue weighted by Gasteiger charge is -2.26. The Bertz CT molecular complexity index is 558. The highest BCUT2D eigenvalue weighted by Crippen LogP contribution is 2.16. The maximum atomic E-state index is 12.4. The standard InChI is InChI=1S/C38H77NO4/c1-3-5-7-9-11-13-15-17-19-20-22-24-26-28-30-32-36(41)38(43)35(34-40)39-37(42)33-31-29-27-25-23-21-18-16-14-12-10-8-6-4-2/h35-36,38,40-41,43H,3-34H2,1-2H3,(H,39,42). The van der Waals surface area contributed by atoms with Crippen LogP contribution in [0.3, 0.4) is 0 Å². The highest BCUT2D eigenvalue weighted by Gasteiger charge is 2.26. The van der Waals surface area contributed by atoms with Crippen molar-refractivity contribution in [2.24, 2.45) is 0 Å². The van der Waals surface area contributed by atoms with E-state index in [9.17, 15) is 20.1 Å². The normalized spacial score (nSPS) is 13.7. The molecule has 0 fully saturated rings. The van der Waals surface area contributed by atoms with Crippen LogP contribution in [0.2, 0.25) is 0 Å². The van der Waals surface area contributed by atoms with Gasteiger partial charge in [0.15, 0.2) is 0 Å². The van der Waals surface area contributed by atoms with Crippen LogP contribution in [-0.4, -0.2) is 46.1 Å². The molecule has 0 rings (SSSR count). The minimum atomic E-state index is -1.13. The summed E-state index contributed by atoms with van der Waals surface area (Å²) >= 11 is 0. The fourth-order valence-electron chi connectivity index (χ4n) is 6.16. The van der Waals surface area contributed by atoms with Crippen LogP contribution in [0.15, 0.2) is 0 Å². The Kier molecular flexibility index (Phi) is 33.7. The molecule has 0 spiro atoms. The molecule has 5 heteroatoms. The lowest BCUT2D eigenvalue weighted by atomic mass is 9.99. The summed E-state index contributed by atoms with van der Waals surface area (Å²) in [5, 5.41) is 33.4. The molecular weight excluding hydrogens is 534 g/mol. The smallest absolute Gasteiger partial charge is 0.220 e. The average Bonchev–Trinajstić information content (AvgIpc) is 3.01. The molecule has 0 bridgehead atoms. The van der Waals surface area contributed by atoms with Gasteiger partial charge >= 0.3 is 0 Å². The minimum Gasteiger partial charge on any atom is -0.394 e. The molecule has 0 radical (unpaired) electrons. The Balaban J connectivity index is 3.64. The quantitative estimate of drug-likeness (QED) is 0.0537. The van der Waals surface area contributed by atoms with Gasteiger partial charge in [-0.05, 0) is 12.8 Å². The summed E-state index contributed by atoms with van der Waals surface area (Å²) in [6.45, 7) is 4.18. The van der Waals surface area contributed by atoms with Crippen LogP contribution in [0.4, 0.5) is 0 Å². The molecule has 0 saturated heterocycles. The SMILES string of the molecule is CCCCCCCCCCCCCCCCCC(O)C(O)C(CO)NC(=O)CCCCCCCCCCCCCCCC. The van der Waals surface area contributed by atoms with Gasteiger partial charge in [0.25, 0.3) is 0 Å². The fraction of sp³-hybridized carbons (Fsp3) is 0.974. The van der Waals surface area contributed by atoms with Gasteiger partial charge in [-0.15, -0.1) is 0 Å². The number of hydrogen-bond acceptors (Lipinski definition) is 4. The molecule has 0 aliphatic rings. The van der Waals surface area contributed by atoms with Gasteiger partial charge < -0.3 is 20.6 Å². The average molecular weight is 612 g/mol. The summed E-state index contributed by atoms with van der Waals surface area (Å²) in [4.78, 5) is 12.4. The highest BCUT2D eigenvalue weighted by molar-refractivity contribution is 5.76. The maximum Gasteiger partial charge on any atom is 0.220 e.